The third kappa shape index (κ3) is 2.89. The van der Waals surface area contributed by atoms with E-state index >= 15 is 0 Å². The number of hydrogen-bond donors (Lipinski definition) is 0. The lowest BCUT2D eigenvalue weighted by Crippen LogP contribution is -2.34. The number of esters is 1. The third-order valence-electron chi connectivity index (χ3n) is 1.96. The summed E-state index contributed by atoms with van der Waals surface area (Å²) in [6.45, 7) is 5.20. The number of likely N-dealkylation sites (tertiary alicyclic amines) is 1. The number of nitrogens with zero attached hydrogens (tertiary/aromatic N) is 1. The minimum absolute atomic E-state index is 0.108. The maximum Gasteiger partial charge on any atom is 0.306 e. The van der Waals surface area contributed by atoms with Gasteiger partial charge in [-0.1, -0.05) is 0 Å². The molecular formula is C8H14NO2. The summed E-state index contributed by atoms with van der Waals surface area (Å²) in [5, 5.41) is 0. The number of hydrogen-bond acceptors (Lipinski definition) is 3. The van der Waals surface area contributed by atoms with Gasteiger partial charge in [-0.15, -0.1) is 0 Å². The summed E-state index contributed by atoms with van der Waals surface area (Å²) >= 11 is 0. The topological polar surface area (TPSA) is 29.5 Å². The highest BCUT2D eigenvalue weighted by molar-refractivity contribution is 5.73. The lowest BCUT2D eigenvalue weighted by Gasteiger charge is -2.28. The highest BCUT2D eigenvalue weighted by Gasteiger charge is 2.18. The molecule has 0 amide bonds. The number of carbonyl (C=O) groups excluding carboxylic acids is 1. The van der Waals surface area contributed by atoms with Crippen LogP contribution >= 0.6 is 0 Å². The van der Waals surface area contributed by atoms with Crippen molar-refractivity contribution in [2.24, 2.45) is 0 Å². The van der Waals surface area contributed by atoms with Crippen LogP contribution in [-0.2, 0) is 9.53 Å². The van der Waals surface area contributed by atoms with Crippen LogP contribution in [0.2, 0.25) is 0 Å². The Bertz CT molecular complexity index is 139. The van der Waals surface area contributed by atoms with Crippen molar-refractivity contribution >= 4 is 5.97 Å². The van der Waals surface area contributed by atoms with E-state index in [-0.39, 0.29) is 6.10 Å². The number of piperidine rings is 1. The van der Waals surface area contributed by atoms with Gasteiger partial charge in [0, 0.05) is 13.1 Å². The van der Waals surface area contributed by atoms with Crippen LogP contribution in [0.25, 0.3) is 0 Å². The standard InChI is InChI=1S/C8H14NO2/c1-7(10)11-8-3-5-9(2)6-4-8/h8H,1,3-6H2,2H3. The molecule has 11 heavy (non-hydrogen) atoms. The molecule has 0 aromatic heterocycles. The summed E-state index contributed by atoms with van der Waals surface area (Å²) in [7, 11) is 2.07. The van der Waals surface area contributed by atoms with E-state index in [0.717, 1.165) is 25.9 Å². The smallest absolute Gasteiger partial charge is 0.306 e. The van der Waals surface area contributed by atoms with Gasteiger partial charge in [-0.3, -0.25) is 4.79 Å². The summed E-state index contributed by atoms with van der Waals surface area (Å²) < 4.78 is 4.96. The molecule has 0 unspecified atom stereocenters. The van der Waals surface area contributed by atoms with Crippen molar-refractivity contribution in [2.75, 3.05) is 20.1 Å². The molecule has 1 heterocycles. The minimum atomic E-state index is -0.403. The Labute approximate surface area is 67.3 Å². The predicted molar refractivity (Wildman–Crippen MR) is 42.0 cm³/mol. The first kappa shape index (κ1) is 8.53. The second kappa shape index (κ2) is 3.72. The minimum Gasteiger partial charge on any atom is -0.462 e. The quantitative estimate of drug-likeness (QED) is 0.516. The van der Waals surface area contributed by atoms with Crippen molar-refractivity contribution in [3.63, 3.8) is 0 Å². The summed E-state index contributed by atoms with van der Waals surface area (Å²) in [4.78, 5) is 12.7. The maximum atomic E-state index is 10.4. The molecule has 0 aromatic rings. The van der Waals surface area contributed by atoms with Crippen LogP contribution < -0.4 is 0 Å². The van der Waals surface area contributed by atoms with Crippen molar-refractivity contribution in [1.29, 1.82) is 0 Å². The molecule has 0 atom stereocenters. The fourth-order valence-corrected chi connectivity index (χ4v) is 1.29. The molecule has 0 aliphatic carbocycles. The van der Waals surface area contributed by atoms with Gasteiger partial charge in [0.1, 0.15) is 6.10 Å². The van der Waals surface area contributed by atoms with Crippen LogP contribution in [0, 0.1) is 6.92 Å². The molecular weight excluding hydrogens is 142 g/mol. The molecule has 1 rings (SSSR count). The van der Waals surface area contributed by atoms with Gasteiger partial charge < -0.3 is 9.64 Å². The second-order valence-electron chi connectivity index (χ2n) is 2.99. The Balaban J connectivity index is 2.22. The summed E-state index contributed by atoms with van der Waals surface area (Å²) in [6, 6.07) is 0. The van der Waals surface area contributed by atoms with Crippen LogP contribution in [0.3, 0.4) is 0 Å². The van der Waals surface area contributed by atoms with E-state index in [1.807, 2.05) is 0 Å². The molecule has 1 aliphatic heterocycles. The number of rotatable bonds is 1. The molecule has 1 fully saturated rings. The van der Waals surface area contributed by atoms with Crippen molar-refractivity contribution in [3.05, 3.63) is 6.92 Å². The average Bonchev–Trinajstić information content (AvgIpc) is 1.93. The van der Waals surface area contributed by atoms with Gasteiger partial charge in [-0.25, -0.2) is 0 Å². The predicted octanol–water partition coefficient (Wildman–Crippen LogP) is 0.458. The van der Waals surface area contributed by atoms with Gasteiger partial charge in [0.25, 0.3) is 0 Å². The van der Waals surface area contributed by atoms with Crippen LogP contribution in [0.5, 0.6) is 0 Å². The van der Waals surface area contributed by atoms with Crippen molar-refractivity contribution in [3.8, 4) is 0 Å². The molecule has 0 N–H and O–H groups in total. The van der Waals surface area contributed by atoms with E-state index in [4.69, 9.17) is 4.74 Å². The van der Waals surface area contributed by atoms with E-state index in [9.17, 15) is 4.79 Å². The molecule has 3 heteroatoms. The normalized spacial score (nSPS) is 21.6. The van der Waals surface area contributed by atoms with Gasteiger partial charge in [-0.05, 0) is 19.9 Å². The first-order valence-electron chi connectivity index (χ1n) is 3.89. The van der Waals surface area contributed by atoms with E-state index in [0.29, 0.717) is 0 Å². The van der Waals surface area contributed by atoms with E-state index in [1.165, 1.54) is 0 Å². The fraction of sp³-hybridized carbons (Fsp3) is 0.750. The van der Waals surface area contributed by atoms with E-state index in [1.54, 1.807) is 0 Å². The van der Waals surface area contributed by atoms with Crippen LogP contribution in [0.1, 0.15) is 12.8 Å². The van der Waals surface area contributed by atoms with Gasteiger partial charge in [0.15, 0.2) is 0 Å². The molecule has 1 radical (unpaired) electrons. The van der Waals surface area contributed by atoms with Crippen LogP contribution in [0.15, 0.2) is 0 Å². The lowest BCUT2D eigenvalue weighted by atomic mass is 10.1. The van der Waals surface area contributed by atoms with Crippen molar-refractivity contribution in [2.45, 2.75) is 18.9 Å². The Kier molecular flexibility index (Phi) is 2.88. The highest BCUT2D eigenvalue weighted by atomic mass is 16.5. The SMILES string of the molecule is [CH2]C(=O)OC1CCN(C)CC1. The fourth-order valence-electron chi connectivity index (χ4n) is 1.29. The van der Waals surface area contributed by atoms with Gasteiger partial charge in [-0.2, -0.15) is 0 Å². The molecule has 3 nitrogen and oxygen atoms in total. The molecule has 0 saturated carbocycles. The van der Waals surface area contributed by atoms with Gasteiger partial charge >= 0.3 is 5.97 Å². The third-order valence-corrected chi connectivity index (χ3v) is 1.96. The molecule has 1 saturated heterocycles. The summed E-state index contributed by atoms with van der Waals surface area (Å²) in [5.41, 5.74) is 0. The lowest BCUT2D eigenvalue weighted by molar-refractivity contribution is -0.145. The molecule has 0 spiro atoms. The highest BCUT2D eigenvalue weighted by Crippen LogP contribution is 2.11. The monoisotopic (exact) mass is 156 g/mol. The zero-order chi connectivity index (χ0) is 8.27. The summed E-state index contributed by atoms with van der Waals surface area (Å²) in [6.07, 6.45) is 1.99. The summed E-state index contributed by atoms with van der Waals surface area (Å²) in [5.74, 6) is -0.403. The molecule has 0 bridgehead atoms. The first-order valence-corrected chi connectivity index (χ1v) is 3.89. The Morgan fingerprint density at radius 3 is 2.55 bits per heavy atom. The number of ether oxygens (including phenoxy) is 1. The molecule has 1 aliphatic rings. The first-order chi connectivity index (χ1) is 5.18. The van der Waals surface area contributed by atoms with Crippen LogP contribution in [0.4, 0.5) is 0 Å². The molecule has 63 valence electrons. The Hall–Kier alpha value is -0.570. The molecule has 0 aromatic carbocycles. The zero-order valence-electron chi connectivity index (χ0n) is 6.88. The number of carbonyl (C=O) groups is 1. The Morgan fingerprint density at radius 1 is 1.55 bits per heavy atom. The van der Waals surface area contributed by atoms with E-state index in [2.05, 4.69) is 18.9 Å². The maximum absolute atomic E-state index is 10.4. The average molecular weight is 156 g/mol. The van der Waals surface area contributed by atoms with E-state index < -0.39 is 5.97 Å². The van der Waals surface area contributed by atoms with Gasteiger partial charge in [0.2, 0.25) is 0 Å². The van der Waals surface area contributed by atoms with Crippen molar-refractivity contribution < 1.29 is 9.53 Å². The second-order valence-corrected chi connectivity index (χ2v) is 2.99. The van der Waals surface area contributed by atoms with Crippen LogP contribution in [-0.4, -0.2) is 37.1 Å². The van der Waals surface area contributed by atoms with Gasteiger partial charge in [0.05, 0.1) is 6.92 Å². The van der Waals surface area contributed by atoms with Crippen molar-refractivity contribution in [1.82, 2.24) is 4.90 Å². The Morgan fingerprint density at radius 2 is 2.09 bits per heavy atom. The largest absolute Gasteiger partial charge is 0.462 e. The zero-order valence-corrected chi connectivity index (χ0v) is 6.88.